The summed E-state index contributed by atoms with van der Waals surface area (Å²) in [5.74, 6) is 2.93. The van der Waals surface area contributed by atoms with Crippen LogP contribution >= 0.6 is 0 Å². The first-order valence-electron chi connectivity index (χ1n) is 13.5. The van der Waals surface area contributed by atoms with Crippen molar-refractivity contribution in [3.05, 3.63) is 119 Å². The fourth-order valence-corrected chi connectivity index (χ4v) is 5.44. The monoisotopic (exact) mass is 557 g/mol. The standard InChI is InChI=1S/C33H27N5O4/c1-20(23-14-16-26(39-2)27(17-23)40-3)37-41-18-28-35-32-30-29(22-10-5-4-6-11-22)25-15-13-21-9-7-8-12-24(21)31(25)42-33(30)34-19-38(32)36-28/h4-17,19,29H,18H2,1-3H3/b37-20+. The van der Waals surface area contributed by atoms with Crippen molar-refractivity contribution in [3.63, 3.8) is 0 Å². The Bertz CT molecular complexity index is 1970. The average molecular weight is 558 g/mol. The lowest BCUT2D eigenvalue weighted by atomic mass is 9.83. The van der Waals surface area contributed by atoms with Gasteiger partial charge in [-0.15, -0.1) is 5.10 Å². The number of methoxy groups -OCH3 is 2. The smallest absolute Gasteiger partial charge is 0.228 e. The van der Waals surface area contributed by atoms with Gasteiger partial charge in [0.2, 0.25) is 5.88 Å². The lowest BCUT2D eigenvalue weighted by molar-refractivity contribution is 0.125. The first-order chi connectivity index (χ1) is 20.6. The molecular weight excluding hydrogens is 530 g/mol. The highest BCUT2D eigenvalue weighted by Crippen LogP contribution is 2.50. The van der Waals surface area contributed by atoms with E-state index < -0.39 is 0 Å². The van der Waals surface area contributed by atoms with E-state index in [-0.39, 0.29) is 12.5 Å². The van der Waals surface area contributed by atoms with E-state index in [0.717, 1.165) is 38.8 Å². The minimum absolute atomic E-state index is 0.0825. The Hall–Kier alpha value is -5.44. The van der Waals surface area contributed by atoms with Crippen LogP contribution in [0.2, 0.25) is 0 Å². The molecule has 1 aliphatic heterocycles. The van der Waals surface area contributed by atoms with Crippen LogP contribution in [-0.4, -0.2) is 39.5 Å². The van der Waals surface area contributed by atoms with Crippen molar-refractivity contribution in [1.82, 2.24) is 19.6 Å². The minimum atomic E-state index is -0.144. The van der Waals surface area contributed by atoms with Gasteiger partial charge in [-0.2, -0.15) is 0 Å². The molecule has 9 heteroatoms. The van der Waals surface area contributed by atoms with E-state index in [2.05, 4.69) is 51.6 Å². The molecule has 42 heavy (non-hydrogen) atoms. The maximum absolute atomic E-state index is 6.49. The van der Waals surface area contributed by atoms with Gasteiger partial charge < -0.3 is 19.0 Å². The van der Waals surface area contributed by atoms with E-state index in [1.165, 1.54) is 0 Å². The van der Waals surface area contributed by atoms with Gasteiger partial charge >= 0.3 is 0 Å². The van der Waals surface area contributed by atoms with Crippen molar-refractivity contribution in [3.8, 4) is 23.1 Å². The van der Waals surface area contributed by atoms with Crippen LogP contribution in [-0.2, 0) is 11.4 Å². The number of ether oxygens (including phenoxy) is 3. The second-order valence-corrected chi connectivity index (χ2v) is 9.93. The Balaban J connectivity index is 1.24. The lowest BCUT2D eigenvalue weighted by Gasteiger charge is -2.28. The molecule has 2 aromatic heterocycles. The van der Waals surface area contributed by atoms with Crippen LogP contribution in [0, 0.1) is 0 Å². The number of nitrogens with zero attached hydrogens (tertiary/aromatic N) is 5. The van der Waals surface area contributed by atoms with Crippen LogP contribution in [0.4, 0.5) is 0 Å². The predicted molar refractivity (Wildman–Crippen MR) is 159 cm³/mol. The average Bonchev–Trinajstić information content (AvgIpc) is 3.47. The zero-order valence-corrected chi connectivity index (χ0v) is 23.3. The Morgan fingerprint density at radius 3 is 2.57 bits per heavy atom. The van der Waals surface area contributed by atoms with Gasteiger partial charge in [-0.3, -0.25) is 0 Å². The van der Waals surface area contributed by atoms with Gasteiger partial charge in [0.25, 0.3) is 0 Å². The molecule has 0 bridgehead atoms. The van der Waals surface area contributed by atoms with Crippen LogP contribution in [0.3, 0.4) is 0 Å². The van der Waals surface area contributed by atoms with E-state index in [9.17, 15) is 0 Å². The molecule has 1 atom stereocenters. The molecule has 4 aromatic carbocycles. The van der Waals surface area contributed by atoms with Crippen molar-refractivity contribution >= 4 is 22.1 Å². The minimum Gasteiger partial charge on any atom is -0.493 e. The molecule has 0 amide bonds. The van der Waals surface area contributed by atoms with Gasteiger partial charge in [0.1, 0.15) is 12.1 Å². The molecule has 0 saturated carbocycles. The third-order valence-corrected chi connectivity index (χ3v) is 7.47. The van der Waals surface area contributed by atoms with E-state index in [4.69, 9.17) is 24.0 Å². The second kappa shape index (κ2) is 10.5. The summed E-state index contributed by atoms with van der Waals surface area (Å²) in [6.07, 6.45) is 1.63. The zero-order chi connectivity index (χ0) is 28.6. The van der Waals surface area contributed by atoms with Crippen molar-refractivity contribution in [2.45, 2.75) is 19.4 Å². The van der Waals surface area contributed by atoms with Gasteiger partial charge in [-0.05, 0) is 36.1 Å². The van der Waals surface area contributed by atoms with Crippen molar-refractivity contribution in [2.24, 2.45) is 5.16 Å². The van der Waals surface area contributed by atoms with E-state index >= 15 is 0 Å². The fourth-order valence-electron chi connectivity index (χ4n) is 5.44. The number of hydrogen-bond donors (Lipinski definition) is 0. The highest BCUT2D eigenvalue weighted by molar-refractivity contribution is 5.99. The van der Waals surface area contributed by atoms with Gasteiger partial charge in [0.05, 0.1) is 25.5 Å². The molecule has 1 aliphatic rings. The Morgan fingerprint density at radius 1 is 0.929 bits per heavy atom. The molecule has 0 spiro atoms. The first kappa shape index (κ1) is 25.5. The molecule has 0 saturated heterocycles. The largest absolute Gasteiger partial charge is 0.493 e. The predicted octanol–water partition coefficient (Wildman–Crippen LogP) is 6.52. The molecule has 0 N–H and O–H groups in total. The number of benzene rings is 4. The SMILES string of the molecule is COc1ccc(/C(C)=N/OCc2nc3c4c(ncn3n2)Oc2c(ccc3ccccc23)C4c2ccccc2)cc1OC. The summed E-state index contributed by atoms with van der Waals surface area (Å²) < 4.78 is 18.9. The molecule has 6 aromatic rings. The molecule has 1 unspecified atom stereocenters. The van der Waals surface area contributed by atoms with Crippen LogP contribution < -0.4 is 14.2 Å². The van der Waals surface area contributed by atoms with Crippen molar-refractivity contribution in [2.75, 3.05) is 14.2 Å². The van der Waals surface area contributed by atoms with Crippen LogP contribution in [0.15, 0.2) is 96.4 Å². The summed E-state index contributed by atoms with van der Waals surface area (Å²) in [5, 5.41) is 11.1. The van der Waals surface area contributed by atoms with Gasteiger partial charge in [-0.1, -0.05) is 71.9 Å². The number of hydrogen-bond acceptors (Lipinski definition) is 8. The van der Waals surface area contributed by atoms with Gasteiger partial charge in [-0.25, -0.2) is 14.5 Å². The fraction of sp³-hybridized carbons (Fsp3) is 0.152. The van der Waals surface area contributed by atoms with Crippen LogP contribution in [0.1, 0.15) is 40.9 Å². The van der Waals surface area contributed by atoms with E-state index in [1.54, 1.807) is 25.1 Å². The van der Waals surface area contributed by atoms with Crippen molar-refractivity contribution in [1.29, 1.82) is 0 Å². The Labute approximate surface area is 242 Å². The Kier molecular flexibility index (Phi) is 6.39. The molecular formula is C33H27N5O4. The maximum Gasteiger partial charge on any atom is 0.228 e. The normalized spacial score (nSPS) is 14.3. The zero-order valence-electron chi connectivity index (χ0n) is 23.3. The third kappa shape index (κ3) is 4.35. The van der Waals surface area contributed by atoms with Crippen LogP contribution in [0.25, 0.3) is 16.4 Å². The number of aromatic nitrogens is 4. The molecule has 0 radical (unpaired) electrons. The first-order valence-corrected chi connectivity index (χ1v) is 13.5. The third-order valence-electron chi connectivity index (χ3n) is 7.47. The summed E-state index contributed by atoms with van der Waals surface area (Å²) >= 11 is 0. The van der Waals surface area contributed by atoms with Gasteiger partial charge in [0.15, 0.2) is 29.6 Å². The van der Waals surface area contributed by atoms with Crippen LogP contribution in [0.5, 0.6) is 23.1 Å². The molecule has 3 heterocycles. The Morgan fingerprint density at radius 2 is 1.74 bits per heavy atom. The second-order valence-electron chi connectivity index (χ2n) is 9.93. The summed E-state index contributed by atoms with van der Waals surface area (Å²) in [7, 11) is 3.20. The van der Waals surface area contributed by atoms with Crippen molar-refractivity contribution < 1.29 is 19.0 Å². The highest BCUT2D eigenvalue weighted by Gasteiger charge is 2.34. The van der Waals surface area contributed by atoms with E-state index in [1.807, 2.05) is 55.5 Å². The molecule has 208 valence electrons. The number of rotatable bonds is 7. The highest BCUT2D eigenvalue weighted by atomic mass is 16.6. The number of fused-ring (bicyclic) bond motifs is 6. The summed E-state index contributed by atoms with van der Waals surface area (Å²) in [6, 6.07) is 28.4. The summed E-state index contributed by atoms with van der Waals surface area (Å²) in [6.45, 7) is 1.95. The lowest BCUT2D eigenvalue weighted by Crippen LogP contribution is -2.15. The molecule has 9 nitrogen and oxygen atoms in total. The summed E-state index contributed by atoms with van der Waals surface area (Å²) in [5.41, 5.74) is 5.22. The molecule has 0 fully saturated rings. The molecule has 7 rings (SSSR count). The van der Waals surface area contributed by atoms with Gasteiger partial charge in [0, 0.05) is 22.4 Å². The quantitative estimate of drug-likeness (QED) is 0.163. The van der Waals surface area contributed by atoms with E-state index in [0.29, 0.717) is 34.6 Å². The summed E-state index contributed by atoms with van der Waals surface area (Å²) in [4.78, 5) is 15.2. The molecule has 0 aliphatic carbocycles. The number of oxime groups is 1. The maximum atomic E-state index is 6.49. The topological polar surface area (TPSA) is 92.4 Å².